The zero-order valence-corrected chi connectivity index (χ0v) is 31.4. The highest BCUT2D eigenvalue weighted by Gasteiger charge is 2.89. The van der Waals surface area contributed by atoms with Gasteiger partial charge >= 0.3 is 17.6 Å². The Morgan fingerprint density at radius 3 is 1.89 bits per heavy atom. The summed E-state index contributed by atoms with van der Waals surface area (Å²) in [6.07, 6.45) is 16.8. The third-order valence-electron chi connectivity index (χ3n) is 11.7. The quantitative estimate of drug-likeness (QED) is 0.0628. The second-order valence-corrected chi connectivity index (χ2v) is 15.4. The highest BCUT2D eigenvalue weighted by Crippen LogP contribution is 2.68. The minimum atomic E-state index is -2.98. The number of Topliss-reactive ketones (excluding diaryl/α,β-unsaturated/α-hetero) is 1. The minimum Gasteiger partial charge on any atom is -0.496 e. The first-order valence-corrected chi connectivity index (χ1v) is 19.9. The van der Waals surface area contributed by atoms with Crippen LogP contribution in [0.2, 0.25) is 0 Å². The Labute approximate surface area is 312 Å². The molecule has 2 saturated carbocycles. The normalized spacial score (nSPS) is 28.5. The highest BCUT2D eigenvalue weighted by molar-refractivity contribution is 6.05. The zero-order valence-electron chi connectivity index (χ0n) is 31.4. The highest BCUT2D eigenvalue weighted by atomic mass is 16.6. The summed E-state index contributed by atoms with van der Waals surface area (Å²) in [6.45, 7) is 2.25. The molecule has 3 N–H and O–H groups in total. The summed E-state index contributed by atoms with van der Waals surface area (Å²) < 4.78 is 22.1. The standard InChI is InChI=1S/C42H58O11/c1-3-4-5-6-7-8-9-10-11-12-13-14-15-16-17-18-22-25-33(43)53-38-32-28-40(47)36(31-26-30(50-2)27-34(44)51-31)41(38,48)37(42(40,49)39(46)52-32)35(45)29-23-20-19-21-24-29/h19-21,23-24,26-27,32,36-38,47-49H,3-18,22,25,28H2,1-2H3. The van der Waals surface area contributed by atoms with Gasteiger partial charge in [0.1, 0.15) is 28.8 Å². The van der Waals surface area contributed by atoms with Gasteiger partial charge in [-0.2, -0.15) is 0 Å². The molecule has 2 aliphatic carbocycles. The monoisotopic (exact) mass is 738 g/mol. The van der Waals surface area contributed by atoms with E-state index in [1.165, 1.54) is 102 Å². The third-order valence-corrected chi connectivity index (χ3v) is 11.7. The maximum Gasteiger partial charge on any atom is 0.342 e. The summed E-state index contributed by atoms with van der Waals surface area (Å²) in [5.41, 5.74) is -9.03. The van der Waals surface area contributed by atoms with Crippen molar-refractivity contribution in [2.24, 2.45) is 5.92 Å². The predicted octanol–water partition coefficient (Wildman–Crippen LogP) is 6.72. The van der Waals surface area contributed by atoms with E-state index >= 15 is 0 Å². The molecule has 292 valence electrons. The SMILES string of the molecule is CCCCCCCCCCCCCCCCCCCC(=O)OC1C2CC3(O)C(c4cc(OC)cc(=O)o4)C1(O)C(C(=O)c1ccccc1)C3(O)C(=O)O2. The van der Waals surface area contributed by atoms with Gasteiger partial charge in [-0.15, -0.1) is 0 Å². The van der Waals surface area contributed by atoms with Crippen molar-refractivity contribution in [3.05, 3.63) is 64.2 Å². The molecule has 1 aromatic carbocycles. The number of ether oxygens (including phenoxy) is 3. The molecule has 3 bridgehead atoms. The van der Waals surface area contributed by atoms with Gasteiger partial charge in [0.2, 0.25) is 5.60 Å². The fraction of sp³-hybridized carbons (Fsp3) is 0.667. The number of hydrogen-bond donors (Lipinski definition) is 3. The Hall–Kier alpha value is -3.54. The summed E-state index contributed by atoms with van der Waals surface area (Å²) >= 11 is 0. The summed E-state index contributed by atoms with van der Waals surface area (Å²) in [4.78, 5) is 53.8. The fourth-order valence-corrected chi connectivity index (χ4v) is 9.02. The second kappa shape index (κ2) is 18.2. The lowest BCUT2D eigenvalue weighted by Gasteiger charge is -2.51. The van der Waals surface area contributed by atoms with E-state index in [1.54, 1.807) is 18.2 Å². The van der Waals surface area contributed by atoms with E-state index in [0.717, 1.165) is 31.7 Å². The van der Waals surface area contributed by atoms with E-state index in [9.17, 15) is 34.5 Å². The number of ketones is 1. The molecule has 2 heterocycles. The first-order chi connectivity index (χ1) is 25.5. The summed E-state index contributed by atoms with van der Waals surface area (Å²) in [5.74, 6) is -7.05. The second-order valence-electron chi connectivity index (χ2n) is 15.4. The first kappa shape index (κ1) is 40.6. The predicted molar refractivity (Wildman–Crippen MR) is 197 cm³/mol. The number of benzene rings is 1. The minimum absolute atomic E-state index is 0.0105. The van der Waals surface area contributed by atoms with Crippen LogP contribution in [-0.2, 0) is 19.1 Å². The Morgan fingerprint density at radius 1 is 0.792 bits per heavy atom. The number of unbranched alkanes of at least 4 members (excludes halogenated alkanes) is 16. The van der Waals surface area contributed by atoms with Crippen molar-refractivity contribution >= 4 is 17.7 Å². The molecule has 53 heavy (non-hydrogen) atoms. The van der Waals surface area contributed by atoms with Crippen LogP contribution in [0.15, 0.2) is 51.7 Å². The molecule has 0 amide bonds. The van der Waals surface area contributed by atoms with Gasteiger partial charge in [-0.1, -0.05) is 140 Å². The van der Waals surface area contributed by atoms with Crippen LogP contribution in [0, 0.1) is 5.92 Å². The number of rotatable bonds is 23. The molecular formula is C42H58O11. The maximum absolute atomic E-state index is 14.2. The van der Waals surface area contributed by atoms with Gasteiger partial charge in [-0.25, -0.2) is 9.59 Å². The molecule has 11 nitrogen and oxygen atoms in total. The molecule has 1 aromatic heterocycles. The van der Waals surface area contributed by atoms with Gasteiger partial charge in [0.05, 0.1) is 25.0 Å². The molecule has 5 rings (SSSR count). The molecule has 3 aliphatic rings. The van der Waals surface area contributed by atoms with E-state index in [1.807, 2.05) is 0 Å². The van der Waals surface area contributed by atoms with Gasteiger partial charge < -0.3 is 33.9 Å². The van der Waals surface area contributed by atoms with Crippen molar-refractivity contribution in [3.63, 3.8) is 0 Å². The maximum atomic E-state index is 14.2. The van der Waals surface area contributed by atoms with Crippen molar-refractivity contribution in [2.75, 3.05) is 7.11 Å². The van der Waals surface area contributed by atoms with Gasteiger partial charge in [0.15, 0.2) is 11.9 Å². The molecule has 2 aromatic rings. The van der Waals surface area contributed by atoms with Crippen molar-refractivity contribution in [2.45, 2.75) is 164 Å². The van der Waals surface area contributed by atoms with E-state index in [-0.39, 0.29) is 23.5 Å². The Balaban J connectivity index is 1.19. The smallest absolute Gasteiger partial charge is 0.342 e. The summed E-state index contributed by atoms with van der Waals surface area (Å²) in [6, 6.07) is 9.97. The number of methoxy groups -OCH3 is 1. The third kappa shape index (κ3) is 8.42. The Morgan fingerprint density at radius 2 is 1.34 bits per heavy atom. The lowest BCUT2D eigenvalue weighted by Crippen LogP contribution is -2.69. The van der Waals surface area contributed by atoms with Crippen molar-refractivity contribution in [3.8, 4) is 5.75 Å². The number of hydrogen-bond acceptors (Lipinski definition) is 11. The van der Waals surface area contributed by atoms with Crippen LogP contribution in [-0.4, -0.2) is 69.2 Å². The molecule has 3 fully saturated rings. The number of fused-ring (bicyclic) bond motifs is 2. The lowest BCUT2D eigenvalue weighted by atomic mass is 9.65. The molecule has 1 aliphatic heterocycles. The van der Waals surface area contributed by atoms with Crippen molar-refractivity contribution in [1.29, 1.82) is 0 Å². The molecular weight excluding hydrogens is 680 g/mol. The van der Waals surface area contributed by atoms with E-state index < -0.39 is 70.6 Å². The molecule has 1 saturated heterocycles. The molecule has 11 heteroatoms. The molecule has 0 spiro atoms. The van der Waals surface area contributed by atoms with Gasteiger partial charge in [0.25, 0.3) is 0 Å². The summed E-state index contributed by atoms with van der Waals surface area (Å²) in [5, 5.41) is 37.2. The van der Waals surface area contributed by atoms with Crippen LogP contribution >= 0.6 is 0 Å². The Bertz CT molecular complexity index is 1590. The molecule has 0 radical (unpaired) electrons. The fourth-order valence-electron chi connectivity index (χ4n) is 9.02. The number of carbonyl (C=O) groups is 3. The average molecular weight is 739 g/mol. The number of carbonyl (C=O) groups excluding carboxylic acids is 3. The topological polar surface area (TPSA) is 170 Å². The zero-order chi connectivity index (χ0) is 38.1. The van der Waals surface area contributed by atoms with Crippen molar-refractivity contribution < 1.29 is 48.3 Å². The van der Waals surface area contributed by atoms with E-state index in [4.69, 9.17) is 18.6 Å². The van der Waals surface area contributed by atoms with Gasteiger partial charge in [-0.3, -0.25) is 9.59 Å². The van der Waals surface area contributed by atoms with Crippen LogP contribution in [0.5, 0.6) is 5.75 Å². The van der Waals surface area contributed by atoms with Crippen LogP contribution in [0.25, 0.3) is 0 Å². The van der Waals surface area contributed by atoms with Gasteiger partial charge in [0, 0.05) is 24.5 Å². The average Bonchev–Trinajstić information content (AvgIpc) is 3.23. The van der Waals surface area contributed by atoms with Crippen LogP contribution in [0.1, 0.15) is 151 Å². The van der Waals surface area contributed by atoms with Crippen molar-refractivity contribution in [1.82, 2.24) is 0 Å². The van der Waals surface area contributed by atoms with E-state index in [0.29, 0.717) is 6.42 Å². The number of esters is 2. The molecule has 7 atom stereocenters. The van der Waals surface area contributed by atoms with E-state index in [2.05, 4.69) is 6.92 Å². The molecule has 7 unspecified atom stereocenters. The first-order valence-electron chi connectivity index (χ1n) is 19.9. The Kier molecular flexibility index (Phi) is 13.9. The number of aliphatic hydroxyl groups is 3. The van der Waals surface area contributed by atoms with Crippen LogP contribution in [0.4, 0.5) is 0 Å². The summed E-state index contributed by atoms with van der Waals surface area (Å²) in [7, 11) is 1.30. The van der Waals surface area contributed by atoms with Crippen LogP contribution in [0.3, 0.4) is 0 Å². The van der Waals surface area contributed by atoms with Crippen LogP contribution < -0.4 is 10.4 Å². The largest absolute Gasteiger partial charge is 0.496 e. The lowest BCUT2D eigenvalue weighted by molar-refractivity contribution is -0.256. The van der Waals surface area contributed by atoms with Gasteiger partial charge in [-0.05, 0) is 6.42 Å².